The van der Waals surface area contributed by atoms with E-state index in [0.717, 1.165) is 0 Å². The van der Waals surface area contributed by atoms with Gasteiger partial charge >= 0.3 is 11.9 Å². The molecule has 8 heteroatoms. The number of ether oxygens (including phenoxy) is 4. The third kappa shape index (κ3) is 1.65. The lowest BCUT2D eigenvalue weighted by atomic mass is 10.1. The molecule has 0 radical (unpaired) electrons. The number of carbonyl (C=O) groups is 4. The van der Waals surface area contributed by atoms with Crippen molar-refractivity contribution in [3.63, 3.8) is 0 Å². The van der Waals surface area contributed by atoms with Crippen molar-refractivity contribution in [1.82, 2.24) is 0 Å². The lowest BCUT2D eigenvalue weighted by Gasteiger charge is -2.10. The second-order valence-electron chi connectivity index (χ2n) is 5.88. The number of esters is 2. The summed E-state index contributed by atoms with van der Waals surface area (Å²) in [6.07, 6.45) is 0.964. The minimum absolute atomic E-state index is 0.190. The van der Waals surface area contributed by atoms with Crippen LogP contribution in [-0.4, -0.2) is 60.1 Å². The van der Waals surface area contributed by atoms with E-state index in [1.807, 2.05) is 0 Å². The molecule has 0 aromatic carbocycles. The monoisotopic (exact) mass is 310 g/mol. The molecular weight excluding hydrogens is 296 g/mol. The Balaban J connectivity index is 1.24. The van der Waals surface area contributed by atoms with E-state index in [9.17, 15) is 19.2 Å². The van der Waals surface area contributed by atoms with Crippen molar-refractivity contribution in [3.8, 4) is 0 Å². The molecule has 4 aliphatic rings. The summed E-state index contributed by atoms with van der Waals surface area (Å²) in [7, 11) is 0. The Kier molecular flexibility index (Phi) is 2.74. The van der Waals surface area contributed by atoms with Crippen molar-refractivity contribution >= 4 is 23.5 Å². The maximum absolute atomic E-state index is 11.9. The summed E-state index contributed by atoms with van der Waals surface area (Å²) < 4.78 is 20.1. The lowest BCUT2D eigenvalue weighted by molar-refractivity contribution is -0.161. The van der Waals surface area contributed by atoms with Gasteiger partial charge in [0.15, 0.2) is 11.6 Å². The molecule has 0 N–H and O–H groups in total. The molecule has 4 unspecified atom stereocenters. The summed E-state index contributed by atoms with van der Waals surface area (Å²) in [4.78, 5) is 46.9. The fourth-order valence-electron chi connectivity index (χ4n) is 3.36. The number of hydrogen-bond donors (Lipinski definition) is 0. The van der Waals surface area contributed by atoms with E-state index < -0.39 is 23.1 Å². The first-order valence-corrected chi connectivity index (χ1v) is 7.28. The largest absolute Gasteiger partial charge is 0.460 e. The zero-order valence-corrected chi connectivity index (χ0v) is 11.7. The van der Waals surface area contributed by atoms with Crippen LogP contribution in [0.2, 0.25) is 0 Å². The molecule has 2 saturated heterocycles. The van der Waals surface area contributed by atoms with Gasteiger partial charge in [0, 0.05) is 12.8 Å². The minimum Gasteiger partial charge on any atom is -0.460 e. The Morgan fingerprint density at radius 1 is 0.909 bits per heavy atom. The van der Waals surface area contributed by atoms with Crippen molar-refractivity contribution in [2.75, 3.05) is 13.2 Å². The number of hydrogen-bond acceptors (Lipinski definition) is 8. The SMILES string of the molecule is O=C1CCC2OC12C(=O)OCCOC(=O)C12OC1CCC2=O. The highest BCUT2D eigenvalue weighted by atomic mass is 16.7. The zero-order valence-electron chi connectivity index (χ0n) is 11.7. The van der Waals surface area contributed by atoms with Crippen molar-refractivity contribution in [1.29, 1.82) is 0 Å². The van der Waals surface area contributed by atoms with E-state index in [0.29, 0.717) is 25.7 Å². The molecule has 118 valence electrons. The smallest absolute Gasteiger partial charge is 0.349 e. The van der Waals surface area contributed by atoms with Gasteiger partial charge in [-0.3, -0.25) is 9.59 Å². The van der Waals surface area contributed by atoms with Gasteiger partial charge in [-0.2, -0.15) is 0 Å². The summed E-state index contributed by atoms with van der Waals surface area (Å²) in [6.45, 7) is -0.380. The molecule has 8 nitrogen and oxygen atoms in total. The van der Waals surface area contributed by atoms with Crippen LogP contribution in [0.4, 0.5) is 0 Å². The molecule has 0 spiro atoms. The third-order valence-corrected chi connectivity index (χ3v) is 4.70. The highest BCUT2D eigenvalue weighted by Crippen LogP contribution is 2.49. The van der Waals surface area contributed by atoms with E-state index in [-0.39, 0.29) is 37.0 Å². The maximum atomic E-state index is 11.9. The van der Waals surface area contributed by atoms with Crippen LogP contribution >= 0.6 is 0 Å². The van der Waals surface area contributed by atoms with Gasteiger partial charge in [0.05, 0.1) is 0 Å². The van der Waals surface area contributed by atoms with Crippen molar-refractivity contribution < 1.29 is 38.1 Å². The van der Waals surface area contributed by atoms with Crippen LogP contribution in [0.25, 0.3) is 0 Å². The average Bonchev–Trinajstić information content (AvgIpc) is 3.36. The molecular formula is C14H14O8. The van der Waals surface area contributed by atoms with Crippen LogP contribution in [0.3, 0.4) is 0 Å². The average molecular weight is 310 g/mol. The molecule has 2 saturated carbocycles. The summed E-state index contributed by atoms with van der Waals surface area (Å²) >= 11 is 0. The maximum Gasteiger partial charge on any atom is 0.349 e. The summed E-state index contributed by atoms with van der Waals surface area (Å²) in [6, 6.07) is 0. The Morgan fingerprint density at radius 3 is 1.59 bits per heavy atom. The molecule has 2 heterocycles. The zero-order chi connectivity index (χ0) is 15.5. The number of fused-ring (bicyclic) bond motifs is 2. The summed E-state index contributed by atoms with van der Waals surface area (Å²) in [5.74, 6) is -1.98. The second-order valence-corrected chi connectivity index (χ2v) is 5.88. The van der Waals surface area contributed by atoms with Gasteiger partial charge < -0.3 is 18.9 Å². The fraction of sp³-hybridized carbons (Fsp3) is 0.714. The van der Waals surface area contributed by atoms with E-state index in [1.165, 1.54) is 0 Å². The summed E-state index contributed by atoms with van der Waals surface area (Å²) in [5.41, 5.74) is -2.82. The Bertz CT molecular complexity index is 546. The third-order valence-electron chi connectivity index (χ3n) is 4.70. The van der Waals surface area contributed by atoms with Gasteiger partial charge in [-0.1, -0.05) is 0 Å². The first-order valence-electron chi connectivity index (χ1n) is 7.28. The lowest BCUT2D eigenvalue weighted by Crippen LogP contribution is -2.37. The quantitative estimate of drug-likeness (QED) is 0.277. The first-order chi connectivity index (χ1) is 10.5. The highest BCUT2D eigenvalue weighted by Gasteiger charge is 2.73. The number of ketones is 2. The van der Waals surface area contributed by atoms with Crippen LogP contribution in [0.15, 0.2) is 0 Å². The molecule has 2 aliphatic heterocycles. The summed E-state index contributed by atoms with van der Waals surface area (Å²) in [5, 5.41) is 0. The fourth-order valence-corrected chi connectivity index (χ4v) is 3.36. The molecule has 4 atom stereocenters. The molecule has 2 aliphatic carbocycles. The normalized spacial score (nSPS) is 40.9. The second kappa shape index (κ2) is 4.36. The van der Waals surface area contributed by atoms with E-state index in [1.54, 1.807) is 0 Å². The predicted octanol–water partition coefficient (Wildman–Crippen LogP) is -0.926. The minimum atomic E-state index is -1.41. The number of rotatable bonds is 5. The molecule has 22 heavy (non-hydrogen) atoms. The van der Waals surface area contributed by atoms with Gasteiger partial charge in [-0.15, -0.1) is 0 Å². The Labute approximate surface area is 125 Å². The Morgan fingerprint density at radius 2 is 1.32 bits per heavy atom. The van der Waals surface area contributed by atoms with E-state index in [4.69, 9.17) is 18.9 Å². The van der Waals surface area contributed by atoms with Crippen LogP contribution in [-0.2, 0) is 38.1 Å². The van der Waals surface area contributed by atoms with Crippen LogP contribution in [0.1, 0.15) is 25.7 Å². The Hall–Kier alpha value is -1.80. The molecule has 4 rings (SSSR count). The van der Waals surface area contributed by atoms with Crippen molar-refractivity contribution in [3.05, 3.63) is 0 Å². The molecule has 0 bridgehead atoms. The van der Waals surface area contributed by atoms with Crippen molar-refractivity contribution in [2.24, 2.45) is 0 Å². The highest BCUT2D eigenvalue weighted by molar-refractivity contribution is 6.13. The van der Waals surface area contributed by atoms with Crippen LogP contribution in [0, 0.1) is 0 Å². The van der Waals surface area contributed by atoms with Gasteiger partial charge in [-0.25, -0.2) is 9.59 Å². The van der Waals surface area contributed by atoms with Crippen LogP contribution in [0.5, 0.6) is 0 Å². The standard InChI is InChI=1S/C14H14O8/c15-7-1-3-9-13(7,21-9)11(17)19-5-6-20-12(18)14-8(16)2-4-10(14)22-14/h9-10H,1-6H2. The molecule has 0 aromatic heterocycles. The molecule has 4 fully saturated rings. The molecule has 0 amide bonds. The number of epoxide rings is 2. The van der Waals surface area contributed by atoms with Gasteiger partial charge in [0.1, 0.15) is 25.4 Å². The first kappa shape index (κ1) is 13.8. The van der Waals surface area contributed by atoms with Gasteiger partial charge in [-0.05, 0) is 12.8 Å². The van der Waals surface area contributed by atoms with E-state index in [2.05, 4.69) is 0 Å². The number of carbonyl (C=O) groups excluding carboxylic acids is 4. The predicted molar refractivity (Wildman–Crippen MR) is 65.6 cm³/mol. The van der Waals surface area contributed by atoms with Crippen LogP contribution < -0.4 is 0 Å². The van der Waals surface area contributed by atoms with Crippen molar-refractivity contribution in [2.45, 2.75) is 49.1 Å². The van der Waals surface area contributed by atoms with Gasteiger partial charge in [0.25, 0.3) is 0 Å². The van der Waals surface area contributed by atoms with E-state index >= 15 is 0 Å². The molecule has 0 aromatic rings. The number of Topliss-reactive ketones (excluding diaryl/α,β-unsaturated/α-hetero) is 2. The van der Waals surface area contributed by atoms with Gasteiger partial charge in [0.2, 0.25) is 11.2 Å². The topological polar surface area (TPSA) is 112 Å².